The van der Waals surface area contributed by atoms with Crippen LogP contribution in [-0.4, -0.2) is 21.7 Å². The second-order valence-electron chi connectivity index (χ2n) is 5.74. The molecule has 0 saturated heterocycles. The van der Waals surface area contributed by atoms with Crippen molar-refractivity contribution in [3.8, 4) is 11.5 Å². The fourth-order valence-electron chi connectivity index (χ4n) is 3.57. The molecule has 0 aromatic heterocycles. The zero-order chi connectivity index (χ0) is 13.7. The normalized spacial score (nSPS) is 20.9. The molecule has 2 aromatic carbocycles. The third kappa shape index (κ3) is 1.70. The largest absolute Gasteiger partial charge is 0.508 e. The molecule has 102 valence electrons. The highest BCUT2D eigenvalue weighted by Gasteiger charge is 2.32. The van der Waals surface area contributed by atoms with Crippen LogP contribution in [0.2, 0.25) is 0 Å². The maximum Gasteiger partial charge on any atom is 0.120 e. The van der Waals surface area contributed by atoms with Crippen LogP contribution in [0, 0.1) is 0 Å². The maximum absolute atomic E-state index is 10.0. The number of phenols is 2. The van der Waals surface area contributed by atoms with Crippen molar-refractivity contribution >= 4 is 0 Å². The predicted octanol–water partition coefficient (Wildman–Crippen LogP) is 2.75. The van der Waals surface area contributed by atoms with Crippen LogP contribution in [0.4, 0.5) is 0 Å². The Bertz CT molecular complexity index is 681. The quantitative estimate of drug-likeness (QED) is 0.771. The Morgan fingerprint density at radius 1 is 1.05 bits per heavy atom. The smallest absolute Gasteiger partial charge is 0.120 e. The molecule has 3 heteroatoms. The summed E-state index contributed by atoms with van der Waals surface area (Å²) in [5.74, 6) is 0.745. The van der Waals surface area contributed by atoms with Crippen molar-refractivity contribution < 1.29 is 10.2 Å². The lowest BCUT2D eigenvalue weighted by atomic mass is 9.84. The molecular formula is C17H17NO2. The van der Waals surface area contributed by atoms with Crippen molar-refractivity contribution in [2.75, 3.05) is 6.54 Å². The van der Waals surface area contributed by atoms with Gasteiger partial charge in [0.1, 0.15) is 11.5 Å². The Morgan fingerprint density at radius 3 is 2.85 bits per heavy atom. The number of phenolic OH excluding ortho intramolecular Hbond substituents is 2. The number of nitrogens with zero attached hydrogens (tertiary/aromatic N) is 1. The number of rotatable bonds is 0. The molecule has 4 rings (SSSR count). The van der Waals surface area contributed by atoms with Gasteiger partial charge in [-0.3, -0.25) is 4.90 Å². The van der Waals surface area contributed by atoms with E-state index in [0.29, 0.717) is 17.5 Å². The van der Waals surface area contributed by atoms with Crippen molar-refractivity contribution in [2.45, 2.75) is 25.4 Å². The van der Waals surface area contributed by atoms with Gasteiger partial charge >= 0.3 is 0 Å². The maximum atomic E-state index is 10.0. The number of aromatic hydroxyl groups is 2. The summed E-state index contributed by atoms with van der Waals surface area (Å²) in [6.45, 7) is 1.80. The molecule has 0 fully saturated rings. The first kappa shape index (κ1) is 11.8. The third-order valence-electron chi connectivity index (χ3n) is 4.62. The van der Waals surface area contributed by atoms with E-state index >= 15 is 0 Å². The van der Waals surface area contributed by atoms with E-state index in [2.05, 4.69) is 11.0 Å². The average Bonchev–Trinajstić information content (AvgIpc) is 2.46. The minimum absolute atomic E-state index is 0.320. The van der Waals surface area contributed by atoms with Gasteiger partial charge in [-0.1, -0.05) is 18.2 Å². The SMILES string of the molecule is Oc1ccc2c(c1)C1Cc3cccc(O)c3CN1CC2. The topological polar surface area (TPSA) is 43.7 Å². The second kappa shape index (κ2) is 4.25. The third-order valence-corrected chi connectivity index (χ3v) is 4.62. The van der Waals surface area contributed by atoms with Crippen molar-refractivity contribution in [2.24, 2.45) is 0 Å². The molecule has 3 nitrogen and oxygen atoms in total. The molecular weight excluding hydrogens is 250 g/mol. The van der Waals surface area contributed by atoms with Gasteiger partial charge in [0.05, 0.1) is 0 Å². The fraction of sp³-hybridized carbons (Fsp3) is 0.294. The van der Waals surface area contributed by atoms with Gasteiger partial charge in [-0.15, -0.1) is 0 Å². The van der Waals surface area contributed by atoms with Gasteiger partial charge in [0.2, 0.25) is 0 Å². The molecule has 2 aliphatic heterocycles. The predicted molar refractivity (Wildman–Crippen MR) is 76.8 cm³/mol. The highest BCUT2D eigenvalue weighted by molar-refractivity contribution is 5.45. The summed E-state index contributed by atoms with van der Waals surface area (Å²) in [4.78, 5) is 2.41. The van der Waals surface area contributed by atoms with Crippen molar-refractivity contribution in [1.82, 2.24) is 4.90 Å². The Morgan fingerprint density at radius 2 is 1.95 bits per heavy atom. The van der Waals surface area contributed by atoms with Crippen LogP contribution in [0.1, 0.15) is 28.3 Å². The lowest BCUT2D eigenvalue weighted by molar-refractivity contribution is 0.158. The van der Waals surface area contributed by atoms with Crippen LogP contribution in [0.3, 0.4) is 0 Å². The van der Waals surface area contributed by atoms with E-state index in [1.54, 1.807) is 12.1 Å². The Labute approximate surface area is 118 Å². The average molecular weight is 267 g/mol. The lowest BCUT2D eigenvalue weighted by Gasteiger charge is -2.41. The molecule has 2 aliphatic rings. The van der Waals surface area contributed by atoms with E-state index in [1.165, 1.54) is 16.7 Å². The molecule has 0 aliphatic carbocycles. The number of hydrogen-bond acceptors (Lipinski definition) is 3. The van der Waals surface area contributed by atoms with Gasteiger partial charge < -0.3 is 10.2 Å². The van der Waals surface area contributed by atoms with Gasteiger partial charge in [-0.2, -0.15) is 0 Å². The van der Waals surface area contributed by atoms with E-state index < -0.39 is 0 Å². The minimum Gasteiger partial charge on any atom is -0.508 e. The Kier molecular flexibility index (Phi) is 2.51. The highest BCUT2D eigenvalue weighted by Crippen LogP contribution is 2.41. The van der Waals surface area contributed by atoms with Crippen molar-refractivity contribution in [3.05, 3.63) is 58.7 Å². The van der Waals surface area contributed by atoms with E-state index in [4.69, 9.17) is 0 Å². The molecule has 0 saturated carbocycles. The highest BCUT2D eigenvalue weighted by atomic mass is 16.3. The van der Waals surface area contributed by atoms with E-state index in [1.807, 2.05) is 18.2 Å². The van der Waals surface area contributed by atoms with Crippen LogP contribution in [0.25, 0.3) is 0 Å². The molecule has 0 spiro atoms. The molecule has 1 atom stereocenters. The van der Waals surface area contributed by atoms with Crippen LogP contribution >= 0.6 is 0 Å². The number of fused-ring (bicyclic) bond motifs is 4. The molecule has 2 aromatic rings. The summed E-state index contributed by atoms with van der Waals surface area (Å²) >= 11 is 0. The zero-order valence-electron chi connectivity index (χ0n) is 11.2. The first-order valence-corrected chi connectivity index (χ1v) is 7.08. The van der Waals surface area contributed by atoms with Gasteiger partial charge in [0, 0.05) is 24.7 Å². The summed E-state index contributed by atoms with van der Waals surface area (Å²) in [6, 6.07) is 11.8. The number of benzene rings is 2. The number of hydrogen-bond donors (Lipinski definition) is 2. The van der Waals surface area contributed by atoms with Gasteiger partial charge in [0.15, 0.2) is 0 Å². The summed E-state index contributed by atoms with van der Waals surface area (Å²) in [6.07, 6.45) is 1.91. The summed E-state index contributed by atoms with van der Waals surface area (Å²) < 4.78 is 0. The van der Waals surface area contributed by atoms with E-state index in [9.17, 15) is 10.2 Å². The summed E-state index contributed by atoms with van der Waals surface area (Å²) in [5.41, 5.74) is 4.87. The molecule has 0 radical (unpaired) electrons. The molecule has 20 heavy (non-hydrogen) atoms. The first-order valence-electron chi connectivity index (χ1n) is 7.08. The second-order valence-corrected chi connectivity index (χ2v) is 5.74. The molecule has 0 bridgehead atoms. The molecule has 2 heterocycles. The minimum atomic E-state index is 0.320. The van der Waals surface area contributed by atoms with Crippen LogP contribution in [0.5, 0.6) is 11.5 Å². The van der Waals surface area contributed by atoms with Crippen molar-refractivity contribution in [1.29, 1.82) is 0 Å². The van der Waals surface area contributed by atoms with Crippen LogP contribution in [0.15, 0.2) is 36.4 Å². The van der Waals surface area contributed by atoms with E-state index in [0.717, 1.165) is 31.5 Å². The monoisotopic (exact) mass is 267 g/mol. The zero-order valence-corrected chi connectivity index (χ0v) is 11.2. The van der Waals surface area contributed by atoms with Crippen LogP contribution < -0.4 is 0 Å². The van der Waals surface area contributed by atoms with Gasteiger partial charge in [0.25, 0.3) is 0 Å². The summed E-state index contributed by atoms with van der Waals surface area (Å²) in [7, 11) is 0. The lowest BCUT2D eigenvalue weighted by Crippen LogP contribution is -2.39. The van der Waals surface area contributed by atoms with E-state index in [-0.39, 0.29) is 0 Å². The molecule has 1 unspecified atom stereocenters. The standard InChI is InChI=1S/C17H17NO2/c19-13-5-4-11-6-7-18-10-15-12(2-1-3-17(15)20)8-16(18)14(11)9-13/h1-5,9,16,19-20H,6-8,10H2. The fourth-order valence-corrected chi connectivity index (χ4v) is 3.57. The van der Waals surface area contributed by atoms with Crippen LogP contribution in [-0.2, 0) is 19.4 Å². The van der Waals surface area contributed by atoms with Gasteiger partial charge in [-0.05, 0) is 47.7 Å². The summed E-state index contributed by atoms with van der Waals surface area (Å²) in [5, 5.41) is 19.8. The molecule has 2 N–H and O–H groups in total. The first-order chi connectivity index (χ1) is 9.72. The van der Waals surface area contributed by atoms with Crippen molar-refractivity contribution in [3.63, 3.8) is 0 Å². The Hall–Kier alpha value is -2.00. The van der Waals surface area contributed by atoms with Gasteiger partial charge in [-0.25, -0.2) is 0 Å². The molecule has 0 amide bonds. The Balaban J connectivity index is 1.80.